The maximum Gasteiger partial charge on any atom is 0.407 e. The number of aliphatic hydroxyl groups is 1. The second kappa shape index (κ2) is 21.5. The van der Waals surface area contributed by atoms with Crippen LogP contribution in [-0.2, 0) is 27.2 Å². The Morgan fingerprint density at radius 1 is 0.938 bits per heavy atom. The van der Waals surface area contributed by atoms with Crippen LogP contribution in [0.5, 0.6) is 0 Å². The number of halogens is 7. The number of aromatic nitrogens is 3. The van der Waals surface area contributed by atoms with E-state index in [-0.39, 0.29) is 17.7 Å². The van der Waals surface area contributed by atoms with Crippen LogP contribution in [0, 0.1) is 28.9 Å². The van der Waals surface area contributed by atoms with E-state index in [2.05, 4.69) is 47.1 Å². The van der Waals surface area contributed by atoms with Crippen LogP contribution in [0.2, 0.25) is 0 Å². The van der Waals surface area contributed by atoms with Gasteiger partial charge in [-0.3, -0.25) is 9.69 Å². The van der Waals surface area contributed by atoms with Gasteiger partial charge in [-0.05, 0) is 81.1 Å². The molecule has 2 amide bonds. The van der Waals surface area contributed by atoms with Gasteiger partial charge in [-0.25, -0.2) is 23.2 Å². The molecule has 4 aromatic rings. The van der Waals surface area contributed by atoms with E-state index in [1.807, 2.05) is 17.4 Å². The number of alkyl halides is 5. The standard InChI is InChI=1S/C45H51F7N8O5/c1-44(2,45(50,51)52)40(56-43(63)64-3)41(62)55-37(38(61)27-53-26-33-34(46)23-31(24-35(33)47)36-12-15-60(57-36)42(48)49)22-29-7-4-28(5-8-29)6-9-30-10-11-39(54-25-30)59-18-16-58(17-19-59)32-13-20-65-21-14-32/h4-5,7-8,10-12,15,23-25,32,37-38,40,42,53,61H,13-14,16-22,26-27H2,1-3H3,(H,55,62)(H,56,63)/t37-,38-,40?/m0/s1. The normalized spacial score (nSPS) is 16.6. The van der Waals surface area contributed by atoms with E-state index in [0.717, 1.165) is 97.3 Å². The zero-order valence-electron chi connectivity index (χ0n) is 36.0. The van der Waals surface area contributed by atoms with E-state index in [0.29, 0.717) is 27.4 Å². The number of piperazine rings is 1. The fourth-order valence-electron chi connectivity index (χ4n) is 7.61. The Labute approximate surface area is 371 Å². The maximum atomic E-state index is 15.1. The number of hydrogen-bond acceptors (Lipinski definition) is 10. The predicted octanol–water partition coefficient (Wildman–Crippen LogP) is 5.81. The number of anilines is 1. The minimum absolute atomic E-state index is 0.0983. The van der Waals surface area contributed by atoms with Crippen LogP contribution in [0.4, 0.5) is 41.3 Å². The molecule has 2 aliphatic rings. The number of rotatable bonds is 15. The highest BCUT2D eigenvalue weighted by molar-refractivity contribution is 5.87. The largest absolute Gasteiger partial charge is 0.453 e. The number of amides is 2. The van der Waals surface area contributed by atoms with Crippen molar-refractivity contribution < 1.29 is 54.9 Å². The molecule has 20 heteroatoms. The van der Waals surface area contributed by atoms with Crippen LogP contribution in [0.25, 0.3) is 11.3 Å². The van der Waals surface area contributed by atoms with Crippen LogP contribution in [0.15, 0.2) is 67.0 Å². The smallest absolute Gasteiger partial charge is 0.407 e. The number of nitrogens with zero attached hydrogens (tertiary/aromatic N) is 5. The van der Waals surface area contributed by atoms with Crippen LogP contribution in [-0.4, -0.2) is 120 Å². The van der Waals surface area contributed by atoms with E-state index in [9.17, 15) is 36.6 Å². The van der Waals surface area contributed by atoms with E-state index < -0.39 is 78.6 Å². The van der Waals surface area contributed by atoms with Crippen molar-refractivity contribution in [2.24, 2.45) is 5.41 Å². The summed E-state index contributed by atoms with van der Waals surface area (Å²) >= 11 is 0. The highest BCUT2D eigenvalue weighted by atomic mass is 19.4. The Morgan fingerprint density at radius 3 is 2.17 bits per heavy atom. The lowest BCUT2D eigenvalue weighted by atomic mass is 9.82. The molecule has 2 aliphatic heterocycles. The zero-order valence-corrected chi connectivity index (χ0v) is 36.0. The van der Waals surface area contributed by atoms with Crippen LogP contribution >= 0.6 is 0 Å². The summed E-state index contributed by atoms with van der Waals surface area (Å²) in [6.07, 6.45) is -3.22. The summed E-state index contributed by atoms with van der Waals surface area (Å²) in [7, 11) is 0.918. The van der Waals surface area contributed by atoms with Gasteiger partial charge in [0.2, 0.25) is 5.91 Å². The first-order chi connectivity index (χ1) is 30.9. The molecule has 3 atom stereocenters. The first-order valence-electron chi connectivity index (χ1n) is 21.0. The molecule has 2 fully saturated rings. The molecule has 2 aromatic carbocycles. The van der Waals surface area contributed by atoms with Crippen molar-refractivity contribution in [1.82, 2.24) is 35.6 Å². The molecule has 2 saturated heterocycles. The minimum Gasteiger partial charge on any atom is -0.453 e. The number of methoxy groups -OCH3 is 1. The van der Waals surface area contributed by atoms with Crippen molar-refractivity contribution in [2.75, 3.05) is 57.9 Å². The van der Waals surface area contributed by atoms with Gasteiger partial charge in [0.25, 0.3) is 0 Å². The third-order valence-corrected chi connectivity index (χ3v) is 11.7. The number of pyridine rings is 1. The quantitative estimate of drug-likeness (QED) is 0.0852. The molecule has 65 heavy (non-hydrogen) atoms. The Hall–Kier alpha value is -5.75. The lowest BCUT2D eigenvalue weighted by molar-refractivity contribution is -0.220. The number of alkyl carbamates (subject to hydrolysis) is 1. The van der Waals surface area contributed by atoms with Gasteiger partial charge in [-0.15, -0.1) is 0 Å². The Bertz CT molecular complexity index is 2260. The Morgan fingerprint density at radius 2 is 1.58 bits per heavy atom. The maximum absolute atomic E-state index is 15.1. The number of ether oxygens (including phenoxy) is 2. The second-order valence-electron chi connectivity index (χ2n) is 16.4. The molecule has 0 spiro atoms. The van der Waals surface area contributed by atoms with E-state index in [1.54, 1.807) is 30.5 Å². The number of hydrogen-bond donors (Lipinski definition) is 4. The molecule has 0 radical (unpaired) electrons. The van der Waals surface area contributed by atoms with Gasteiger partial charge < -0.3 is 35.4 Å². The Kier molecular flexibility index (Phi) is 16.1. The summed E-state index contributed by atoms with van der Waals surface area (Å²) in [5, 5.41) is 22.1. The number of carbonyl (C=O) groups is 2. The van der Waals surface area contributed by atoms with Crippen molar-refractivity contribution in [3.8, 4) is 23.1 Å². The summed E-state index contributed by atoms with van der Waals surface area (Å²) in [5.41, 5.74) is -1.66. The topological polar surface area (TPSA) is 146 Å². The number of benzene rings is 2. The molecule has 350 valence electrons. The molecule has 4 N–H and O–H groups in total. The van der Waals surface area contributed by atoms with Gasteiger partial charge in [-0.2, -0.15) is 27.1 Å². The fourth-order valence-corrected chi connectivity index (χ4v) is 7.61. The van der Waals surface area contributed by atoms with Gasteiger partial charge in [0.05, 0.1) is 30.4 Å². The van der Waals surface area contributed by atoms with E-state index in [1.165, 1.54) is 6.07 Å². The van der Waals surface area contributed by atoms with Gasteiger partial charge in [-0.1, -0.05) is 24.0 Å². The summed E-state index contributed by atoms with van der Waals surface area (Å²) in [6, 6.07) is 10.6. The summed E-state index contributed by atoms with van der Waals surface area (Å²) in [4.78, 5) is 35.2. The summed E-state index contributed by atoms with van der Waals surface area (Å²) in [5.74, 6) is 3.65. The lowest BCUT2D eigenvalue weighted by Gasteiger charge is -2.41. The molecule has 4 heterocycles. The number of nitrogens with one attached hydrogen (secondary N) is 3. The molecule has 13 nitrogen and oxygen atoms in total. The Balaban J connectivity index is 1.13. The first-order valence-corrected chi connectivity index (χ1v) is 21.0. The molecule has 0 saturated carbocycles. The number of carbonyl (C=O) groups excluding carboxylic acids is 2. The molecule has 1 unspecified atom stereocenters. The highest BCUT2D eigenvalue weighted by Gasteiger charge is 2.56. The van der Waals surface area contributed by atoms with Gasteiger partial charge in [0.15, 0.2) is 0 Å². The molecule has 6 rings (SSSR count). The lowest BCUT2D eigenvalue weighted by Crippen LogP contribution is -2.62. The van der Waals surface area contributed by atoms with Gasteiger partial charge in [0, 0.05) is 93.2 Å². The molecule has 0 aliphatic carbocycles. The van der Waals surface area contributed by atoms with Crippen molar-refractivity contribution in [3.63, 3.8) is 0 Å². The third-order valence-electron chi connectivity index (χ3n) is 11.7. The molecule has 0 bridgehead atoms. The van der Waals surface area contributed by atoms with E-state index >= 15 is 8.78 Å². The minimum atomic E-state index is -4.98. The predicted molar refractivity (Wildman–Crippen MR) is 226 cm³/mol. The van der Waals surface area contributed by atoms with Crippen molar-refractivity contribution in [1.29, 1.82) is 0 Å². The fraction of sp³-hybridized carbons (Fsp3) is 0.467. The van der Waals surface area contributed by atoms with Gasteiger partial charge >= 0.3 is 18.8 Å². The third kappa shape index (κ3) is 12.5. The van der Waals surface area contributed by atoms with Crippen molar-refractivity contribution in [2.45, 2.75) is 76.6 Å². The number of aliphatic hydroxyl groups excluding tert-OH is 1. The second-order valence-corrected chi connectivity index (χ2v) is 16.4. The van der Waals surface area contributed by atoms with Crippen LogP contribution < -0.4 is 20.9 Å². The van der Waals surface area contributed by atoms with Crippen molar-refractivity contribution in [3.05, 3.63) is 101 Å². The first kappa shape index (κ1) is 48.7. The van der Waals surface area contributed by atoms with Crippen LogP contribution in [0.1, 0.15) is 55.5 Å². The molecular formula is C45H51F7N8O5. The summed E-state index contributed by atoms with van der Waals surface area (Å²) in [6.45, 7) is 2.84. The average molecular weight is 917 g/mol. The highest BCUT2D eigenvalue weighted by Crippen LogP contribution is 2.40. The van der Waals surface area contributed by atoms with Crippen molar-refractivity contribution >= 4 is 17.8 Å². The molecular weight excluding hydrogens is 866 g/mol. The zero-order chi connectivity index (χ0) is 46.9. The van der Waals surface area contributed by atoms with Crippen LogP contribution in [0.3, 0.4) is 0 Å². The van der Waals surface area contributed by atoms with E-state index in [4.69, 9.17) is 4.74 Å². The SMILES string of the molecule is COC(=O)NC(C(=O)N[C@@H](Cc1ccc(C#Cc2ccc(N3CCN(C4CCOCC4)CC3)nc2)cc1)[C@@H](O)CNCc1c(F)cc(-c2ccn(C(F)F)n2)cc1F)C(C)(C)C(F)(F)F. The molecule has 2 aromatic heterocycles. The summed E-state index contributed by atoms with van der Waals surface area (Å²) < 4.78 is 109. The monoisotopic (exact) mass is 916 g/mol. The van der Waals surface area contributed by atoms with Gasteiger partial charge in [0.1, 0.15) is 23.5 Å². The average Bonchev–Trinajstić information content (AvgIpc) is 3.80.